The van der Waals surface area contributed by atoms with E-state index in [1.165, 1.54) is 6.92 Å². The molecule has 0 saturated carbocycles. The monoisotopic (exact) mass is 340 g/mol. The quantitative estimate of drug-likeness (QED) is 0.544. The zero-order chi connectivity index (χ0) is 17.7. The minimum Gasteiger partial charge on any atom is -0.489 e. The summed E-state index contributed by atoms with van der Waals surface area (Å²) in [6, 6.07) is 0. The number of carbonyl (C=O) groups is 2. The Morgan fingerprint density at radius 3 is 2.79 bits per heavy atom. The highest BCUT2D eigenvalue weighted by molar-refractivity contribution is 5.98. The lowest BCUT2D eigenvalue weighted by Crippen LogP contribution is -2.44. The highest BCUT2D eigenvalue weighted by atomic mass is 16.6. The second-order valence-electron chi connectivity index (χ2n) is 6.66. The van der Waals surface area contributed by atoms with Gasteiger partial charge < -0.3 is 19.7 Å². The fourth-order valence-electron chi connectivity index (χ4n) is 3.38. The molecule has 0 spiro atoms. The number of aliphatic hydroxyl groups is 2. The summed E-state index contributed by atoms with van der Waals surface area (Å²) in [6.07, 6.45) is 2.60. The maximum absolute atomic E-state index is 12.2. The third-order valence-corrected chi connectivity index (χ3v) is 4.65. The molecule has 2 rings (SSSR count). The molecule has 0 bridgehead atoms. The number of esters is 1. The zero-order valence-electron chi connectivity index (χ0n) is 14.5. The Morgan fingerprint density at radius 1 is 1.38 bits per heavy atom. The van der Waals surface area contributed by atoms with Gasteiger partial charge in [-0.25, -0.2) is 0 Å². The van der Waals surface area contributed by atoms with E-state index in [0.29, 0.717) is 12.8 Å². The van der Waals surface area contributed by atoms with Crippen molar-refractivity contribution in [1.29, 1.82) is 0 Å². The minimum absolute atomic E-state index is 0.155. The molecule has 24 heavy (non-hydrogen) atoms. The second-order valence-corrected chi connectivity index (χ2v) is 6.66. The van der Waals surface area contributed by atoms with Gasteiger partial charge in [-0.15, -0.1) is 0 Å². The Hall–Kier alpha value is -1.40. The fourth-order valence-corrected chi connectivity index (χ4v) is 3.38. The first-order valence-electron chi connectivity index (χ1n) is 8.91. The van der Waals surface area contributed by atoms with Gasteiger partial charge in [-0.3, -0.25) is 9.59 Å². The molecule has 0 radical (unpaired) electrons. The molecular formula is C18H28O6. The zero-order valence-corrected chi connectivity index (χ0v) is 14.5. The Morgan fingerprint density at radius 2 is 2.12 bits per heavy atom. The molecule has 2 N–H and O–H groups in total. The fraction of sp³-hybridized carbons (Fsp3) is 0.778. The smallest absolute Gasteiger partial charge is 0.303 e. The number of hydrogen-bond acceptors (Lipinski definition) is 6. The molecule has 0 aromatic carbocycles. The third-order valence-electron chi connectivity index (χ3n) is 4.65. The van der Waals surface area contributed by atoms with Crippen molar-refractivity contribution in [2.24, 2.45) is 0 Å². The van der Waals surface area contributed by atoms with Crippen LogP contribution in [-0.4, -0.2) is 46.4 Å². The largest absolute Gasteiger partial charge is 0.489 e. The lowest BCUT2D eigenvalue weighted by molar-refractivity contribution is -0.151. The van der Waals surface area contributed by atoms with Gasteiger partial charge in [-0.1, -0.05) is 32.6 Å². The first kappa shape index (κ1) is 18.9. The van der Waals surface area contributed by atoms with Gasteiger partial charge in [0, 0.05) is 19.8 Å². The van der Waals surface area contributed by atoms with E-state index in [1.807, 2.05) is 0 Å². The van der Waals surface area contributed by atoms with Gasteiger partial charge in [0.25, 0.3) is 0 Å². The van der Waals surface area contributed by atoms with Crippen molar-refractivity contribution in [3.05, 3.63) is 11.3 Å². The van der Waals surface area contributed by atoms with E-state index in [2.05, 4.69) is 6.92 Å². The average molecular weight is 340 g/mol. The van der Waals surface area contributed by atoms with Crippen LogP contribution in [0.2, 0.25) is 0 Å². The van der Waals surface area contributed by atoms with Crippen LogP contribution in [0.3, 0.4) is 0 Å². The van der Waals surface area contributed by atoms with E-state index in [-0.39, 0.29) is 30.0 Å². The van der Waals surface area contributed by atoms with Crippen molar-refractivity contribution in [3.63, 3.8) is 0 Å². The van der Waals surface area contributed by atoms with E-state index in [0.717, 1.165) is 25.7 Å². The highest BCUT2D eigenvalue weighted by Gasteiger charge is 2.43. The van der Waals surface area contributed by atoms with Crippen LogP contribution < -0.4 is 0 Å². The maximum atomic E-state index is 12.2. The normalized spacial score (nSPS) is 28.2. The number of rotatable bonds is 7. The second kappa shape index (κ2) is 8.62. The lowest BCUT2D eigenvalue weighted by atomic mass is 9.85. The summed E-state index contributed by atoms with van der Waals surface area (Å²) in [7, 11) is 0. The number of ether oxygens (including phenoxy) is 2. The van der Waals surface area contributed by atoms with Gasteiger partial charge in [-0.2, -0.15) is 0 Å². The molecule has 2 aliphatic rings. The number of unbranched alkanes of at least 4 members (excludes halogenated alkanes) is 3. The molecule has 0 aromatic heterocycles. The van der Waals surface area contributed by atoms with E-state index < -0.39 is 30.4 Å². The van der Waals surface area contributed by atoms with E-state index in [4.69, 9.17) is 9.47 Å². The summed E-state index contributed by atoms with van der Waals surface area (Å²) in [6.45, 7) is 3.41. The number of ketones is 1. The number of aliphatic hydroxyl groups excluding tert-OH is 2. The number of Topliss-reactive ketones (excluding diaryl/α,β-unsaturated/α-hetero) is 1. The van der Waals surface area contributed by atoms with Crippen LogP contribution in [0.15, 0.2) is 11.3 Å². The molecule has 0 saturated heterocycles. The van der Waals surface area contributed by atoms with Gasteiger partial charge in [0.1, 0.15) is 24.1 Å². The summed E-state index contributed by atoms with van der Waals surface area (Å²) >= 11 is 0. The van der Waals surface area contributed by atoms with Gasteiger partial charge in [0.05, 0.1) is 11.7 Å². The van der Waals surface area contributed by atoms with Crippen molar-refractivity contribution in [3.8, 4) is 0 Å². The topological polar surface area (TPSA) is 93.1 Å². The molecule has 4 unspecified atom stereocenters. The Bertz CT molecular complexity index is 498. The van der Waals surface area contributed by atoms with Crippen LogP contribution in [0.25, 0.3) is 0 Å². The van der Waals surface area contributed by atoms with E-state index in [9.17, 15) is 19.8 Å². The summed E-state index contributed by atoms with van der Waals surface area (Å²) in [5, 5.41) is 20.6. The maximum Gasteiger partial charge on any atom is 0.303 e. The number of carbonyl (C=O) groups excluding carboxylic acids is 2. The lowest BCUT2D eigenvalue weighted by Gasteiger charge is -2.38. The van der Waals surface area contributed by atoms with Crippen LogP contribution in [0, 0.1) is 0 Å². The van der Waals surface area contributed by atoms with Crippen molar-refractivity contribution in [2.45, 2.75) is 89.6 Å². The van der Waals surface area contributed by atoms with Crippen molar-refractivity contribution in [1.82, 2.24) is 0 Å². The third kappa shape index (κ3) is 4.57. The molecule has 0 fully saturated rings. The predicted molar refractivity (Wildman–Crippen MR) is 87.1 cm³/mol. The van der Waals surface area contributed by atoms with Gasteiger partial charge in [0.15, 0.2) is 5.78 Å². The molecule has 0 aromatic rings. The van der Waals surface area contributed by atoms with Crippen molar-refractivity contribution >= 4 is 11.8 Å². The average Bonchev–Trinajstić information content (AvgIpc) is 2.54. The molecule has 1 aliphatic heterocycles. The summed E-state index contributed by atoms with van der Waals surface area (Å²) in [4.78, 5) is 23.6. The minimum atomic E-state index is -0.883. The SMILES string of the molecule is CCCCCCC(O)C1CC(OC(C)=O)C2=C(O1)C(O)CCC2=O. The summed E-state index contributed by atoms with van der Waals surface area (Å²) < 4.78 is 11.1. The Kier molecular flexibility index (Phi) is 6.80. The van der Waals surface area contributed by atoms with E-state index in [1.54, 1.807) is 0 Å². The van der Waals surface area contributed by atoms with E-state index >= 15 is 0 Å². The van der Waals surface area contributed by atoms with Crippen LogP contribution in [0.1, 0.15) is 65.2 Å². The molecule has 1 aliphatic carbocycles. The first-order chi connectivity index (χ1) is 11.4. The van der Waals surface area contributed by atoms with Crippen molar-refractivity contribution in [2.75, 3.05) is 0 Å². The van der Waals surface area contributed by atoms with Crippen LogP contribution in [0.4, 0.5) is 0 Å². The van der Waals surface area contributed by atoms with Crippen LogP contribution in [-0.2, 0) is 19.1 Å². The summed E-state index contributed by atoms with van der Waals surface area (Å²) in [5.74, 6) is -0.461. The van der Waals surface area contributed by atoms with Gasteiger partial charge >= 0.3 is 5.97 Å². The number of hydrogen-bond donors (Lipinski definition) is 2. The van der Waals surface area contributed by atoms with Crippen molar-refractivity contribution < 1.29 is 29.3 Å². The first-order valence-corrected chi connectivity index (χ1v) is 8.91. The Balaban J connectivity index is 2.11. The summed E-state index contributed by atoms with van der Waals surface area (Å²) in [5.41, 5.74) is 0.262. The molecule has 4 atom stereocenters. The molecule has 136 valence electrons. The molecular weight excluding hydrogens is 312 g/mol. The Labute approximate surface area is 142 Å². The predicted octanol–water partition coefficient (Wildman–Crippen LogP) is 2.02. The van der Waals surface area contributed by atoms with Gasteiger partial charge in [0.2, 0.25) is 0 Å². The molecule has 0 amide bonds. The highest BCUT2D eigenvalue weighted by Crippen LogP contribution is 2.36. The standard InChI is InChI=1S/C18H28O6/c1-3-4-5-6-7-12(20)15-10-16(23-11(2)19)17-13(21)8-9-14(22)18(17)24-15/h12,14-16,20,22H,3-10H2,1-2H3. The van der Waals surface area contributed by atoms with Crippen LogP contribution in [0.5, 0.6) is 0 Å². The molecule has 1 heterocycles. The van der Waals surface area contributed by atoms with Gasteiger partial charge in [-0.05, 0) is 12.8 Å². The molecule has 6 heteroatoms. The van der Waals surface area contributed by atoms with Crippen LogP contribution >= 0.6 is 0 Å². The molecule has 6 nitrogen and oxygen atoms in total.